The third kappa shape index (κ3) is 12.7. The smallest absolute Gasteiger partial charge is 0.247 e. The zero-order chi connectivity index (χ0) is 50.8. The maximum absolute atomic E-state index is 14.7. The fourth-order valence-electron chi connectivity index (χ4n) is 11.9. The number of hydrogen-bond donors (Lipinski definition) is 4. The lowest BCUT2D eigenvalue weighted by Gasteiger charge is -2.37. The quantitative estimate of drug-likeness (QED) is 0.0716. The van der Waals surface area contributed by atoms with E-state index in [1.54, 1.807) is 21.9 Å². The highest BCUT2D eigenvalue weighted by molar-refractivity contribution is 5.99. The Morgan fingerprint density at radius 1 is 0.589 bits per heavy atom. The second-order valence-electron chi connectivity index (χ2n) is 20.9. The maximum atomic E-state index is 14.7. The summed E-state index contributed by atoms with van der Waals surface area (Å²) < 4.78 is 14.2. The van der Waals surface area contributed by atoms with E-state index in [1.165, 1.54) is 25.0 Å². The molecule has 13 heteroatoms. The highest BCUT2D eigenvalue weighted by atomic mass is 19.1. The first-order chi connectivity index (χ1) is 35.5. The Labute approximate surface area is 429 Å². The second kappa shape index (κ2) is 24.1. The summed E-state index contributed by atoms with van der Waals surface area (Å²) in [7, 11) is 0. The second-order valence-corrected chi connectivity index (χ2v) is 20.9. The predicted molar refractivity (Wildman–Crippen MR) is 283 cm³/mol. The zero-order valence-corrected chi connectivity index (χ0v) is 42.0. The summed E-state index contributed by atoms with van der Waals surface area (Å²) in [6, 6.07) is 38.7. The molecule has 0 aromatic heterocycles. The number of nitrogens with one attached hydrogen (secondary N) is 2. The van der Waals surface area contributed by atoms with Crippen molar-refractivity contribution in [1.29, 1.82) is 0 Å². The molecule has 9 rings (SSSR count). The number of anilines is 3. The van der Waals surface area contributed by atoms with Crippen molar-refractivity contribution in [3.8, 4) is 0 Å². The summed E-state index contributed by atoms with van der Waals surface area (Å²) in [5.41, 5.74) is 5.62. The van der Waals surface area contributed by atoms with Crippen molar-refractivity contribution < 1.29 is 33.8 Å². The first-order valence-corrected chi connectivity index (χ1v) is 26.6. The molecular formula is C60H71FN6O6. The van der Waals surface area contributed by atoms with E-state index < -0.39 is 36.3 Å². The summed E-state index contributed by atoms with van der Waals surface area (Å²) in [5, 5.41) is 27.8. The van der Waals surface area contributed by atoms with Gasteiger partial charge >= 0.3 is 0 Å². The van der Waals surface area contributed by atoms with Crippen LogP contribution < -0.4 is 15.5 Å². The highest BCUT2D eigenvalue weighted by Crippen LogP contribution is 2.40. The Balaban J connectivity index is 0.846. The van der Waals surface area contributed by atoms with Gasteiger partial charge in [0, 0.05) is 56.1 Å². The topological polar surface area (TPSA) is 146 Å². The number of piperidine rings is 1. The molecule has 4 aliphatic rings. The number of hydrogen-bond acceptors (Lipinski definition) is 8. The molecule has 3 heterocycles. The van der Waals surface area contributed by atoms with Crippen molar-refractivity contribution in [3.63, 3.8) is 0 Å². The minimum Gasteiger partial charge on any atom is -0.391 e. The van der Waals surface area contributed by atoms with Crippen molar-refractivity contribution in [2.75, 3.05) is 41.7 Å². The predicted octanol–water partition coefficient (Wildman–Crippen LogP) is 9.45. The van der Waals surface area contributed by atoms with E-state index in [4.69, 9.17) is 0 Å². The van der Waals surface area contributed by atoms with Gasteiger partial charge in [-0.05, 0) is 109 Å². The summed E-state index contributed by atoms with van der Waals surface area (Å²) in [6.45, 7) is 4.87. The molecular weight excluding hydrogens is 920 g/mol. The summed E-state index contributed by atoms with van der Waals surface area (Å²) in [5.74, 6) is -1.26. The van der Waals surface area contributed by atoms with Crippen molar-refractivity contribution in [3.05, 3.63) is 162 Å². The van der Waals surface area contributed by atoms with E-state index in [0.717, 1.165) is 86.0 Å². The third-order valence-corrected chi connectivity index (χ3v) is 15.8. The SMILES string of the molecule is CC(C1CCCCCC1)C(C(=O)N1CC(O)CC1C(=O)Nc1ccc(CN(Cc2ccc(NC(=O)C3CC(O)CN3C(=O)C(c3ccccc3)N3CCCCC3)cc2)c2ccc(F)cc2)cc1)c1ccccc1. The largest absolute Gasteiger partial charge is 0.391 e. The van der Waals surface area contributed by atoms with Gasteiger partial charge in [-0.1, -0.05) is 137 Å². The van der Waals surface area contributed by atoms with Crippen LogP contribution in [0.1, 0.15) is 112 Å². The normalized spacial score (nSPS) is 22.0. The van der Waals surface area contributed by atoms with Crippen LogP contribution in [0.5, 0.6) is 0 Å². The van der Waals surface area contributed by atoms with Crippen LogP contribution in [0.4, 0.5) is 21.5 Å². The molecule has 0 radical (unpaired) electrons. The van der Waals surface area contributed by atoms with Crippen molar-refractivity contribution in [2.45, 2.75) is 127 Å². The van der Waals surface area contributed by atoms with Gasteiger partial charge in [0.15, 0.2) is 0 Å². The molecule has 1 aliphatic carbocycles. The van der Waals surface area contributed by atoms with Crippen LogP contribution in [0.15, 0.2) is 133 Å². The number of halogens is 1. The summed E-state index contributed by atoms with van der Waals surface area (Å²) >= 11 is 0. The molecule has 7 unspecified atom stereocenters. The Morgan fingerprint density at radius 2 is 1.05 bits per heavy atom. The molecule has 5 aromatic rings. The molecule has 5 aromatic carbocycles. The lowest BCUT2D eigenvalue weighted by Crippen LogP contribution is -2.49. The molecule has 7 atom stereocenters. The summed E-state index contributed by atoms with van der Waals surface area (Å²) in [4.78, 5) is 64.5. The number of amides is 4. The van der Waals surface area contributed by atoms with Crippen LogP contribution in [0.2, 0.25) is 0 Å². The van der Waals surface area contributed by atoms with Gasteiger partial charge in [-0.3, -0.25) is 24.1 Å². The Hall–Kier alpha value is -6.41. The number of β-amino-alcohol motifs (C(OH)–C–C–N with tert-alkyl or cyclic N) is 2. The molecule has 3 aliphatic heterocycles. The van der Waals surface area contributed by atoms with Crippen LogP contribution >= 0.6 is 0 Å². The number of benzene rings is 5. The van der Waals surface area contributed by atoms with E-state index in [1.807, 2.05) is 109 Å². The van der Waals surface area contributed by atoms with Crippen LogP contribution in [0.25, 0.3) is 0 Å². The first kappa shape index (κ1) is 51.5. The number of nitrogens with zero attached hydrogens (tertiary/aromatic N) is 4. The molecule has 73 heavy (non-hydrogen) atoms. The van der Waals surface area contributed by atoms with E-state index in [9.17, 15) is 33.8 Å². The van der Waals surface area contributed by atoms with Gasteiger partial charge in [0.25, 0.3) is 0 Å². The van der Waals surface area contributed by atoms with Gasteiger partial charge in [-0.2, -0.15) is 0 Å². The van der Waals surface area contributed by atoms with Crippen molar-refractivity contribution in [1.82, 2.24) is 14.7 Å². The van der Waals surface area contributed by atoms with E-state index >= 15 is 0 Å². The lowest BCUT2D eigenvalue weighted by atomic mass is 9.75. The van der Waals surface area contributed by atoms with Gasteiger partial charge in [0.2, 0.25) is 23.6 Å². The molecule has 384 valence electrons. The van der Waals surface area contributed by atoms with Gasteiger partial charge in [0.05, 0.1) is 18.1 Å². The fraction of sp³-hybridized carbons (Fsp3) is 0.433. The molecule has 4 amide bonds. The Bertz CT molecular complexity index is 2610. The minimum atomic E-state index is -0.830. The van der Waals surface area contributed by atoms with Gasteiger partial charge in [-0.25, -0.2) is 4.39 Å². The average Bonchev–Trinajstić information content (AvgIpc) is 3.89. The zero-order valence-electron chi connectivity index (χ0n) is 42.0. The average molecular weight is 991 g/mol. The molecule has 4 N–H and O–H groups in total. The lowest BCUT2D eigenvalue weighted by molar-refractivity contribution is -0.142. The van der Waals surface area contributed by atoms with Crippen LogP contribution in [-0.2, 0) is 32.3 Å². The number of rotatable bonds is 16. The van der Waals surface area contributed by atoms with Crippen molar-refractivity contribution >= 4 is 40.7 Å². The number of likely N-dealkylation sites (tertiary alicyclic amines) is 3. The highest BCUT2D eigenvalue weighted by Gasteiger charge is 2.45. The van der Waals surface area contributed by atoms with Crippen LogP contribution in [0, 0.1) is 17.7 Å². The third-order valence-electron chi connectivity index (χ3n) is 15.8. The van der Waals surface area contributed by atoms with Gasteiger partial charge in [0.1, 0.15) is 23.9 Å². The Kier molecular flexibility index (Phi) is 17.0. The van der Waals surface area contributed by atoms with E-state index in [-0.39, 0.29) is 61.3 Å². The van der Waals surface area contributed by atoms with Crippen LogP contribution in [0.3, 0.4) is 0 Å². The number of carbonyl (C=O) groups is 4. The number of carbonyl (C=O) groups excluding carboxylic acids is 4. The number of aliphatic hydroxyl groups excluding tert-OH is 2. The molecule has 4 fully saturated rings. The molecule has 1 saturated carbocycles. The van der Waals surface area contributed by atoms with Crippen molar-refractivity contribution in [2.24, 2.45) is 11.8 Å². The van der Waals surface area contributed by atoms with E-state index in [2.05, 4.69) is 27.4 Å². The minimum absolute atomic E-state index is 0.0796. The molecule has 0 spiro atoms. The maximum Gasteiger partial charge on any atom is 0.247 e. The van der Waals surface area contributed by atoms with Crippen LogP contribution in [-0.4, -0.2) is 99.0 Å². The molecule has 0 bridgehead atoms. The Morgan fingerprint density at radius 3 is 1.56 bits per heavy atom. The standard InChI is InChI=1S/C60H71FN6O6/c1-41(44-15-7-2-3-8-16-44)55(45-17-9-4-10-18-45)59(72)66-39-51(68)35-53(66)57(70)62-48-27-21-42(22-28-48)37-65(50-31-25-47(61)26-32-50)38-43-23-29-49(30-24-43)63-58(71)54-36-52(69)40-67(54)60(73)56(46-19-11-5-12-20-46)64-33-13-6-14-34-64/h4-5,9-12,17-32,41,44,51-56,68-69H,2-3,6-8,13-16,33-40H2,1H3,(H,62,70)(H,63,71). The van der Waals surface area contributed by atoms with Gasteiger partial charge in [-0.15, -0.1) is 0 Å². The first-order valence-electron chi connectivity index (χ1n) is 26.6. The molecule has 12 nitrogen and oxygen atoms in total. The molecule has 3 saturated heterocycles. The monoisotopic (exact) mass is 991 g/mol. The van der Waals surface area contributed by atoms with E-state index in [0.29, 0.717) is 30.4 Å². The summed E-state index contributed by atoms with van der Waals surface area (Å²) in [6.07, 6.45) is 8.75. The number of aliphatic hydroxyl groups is 2. The fourth-order valence-corrected chi connectivity index (χ4v) is 11.9. The van der Waals surface area contributed by atoms with Gasteiger partial charge < -0.3 is 35.5 Å².